The van der Waals surface area contributed by atoms with Crippen LogP contribution in [-0.2, 0) is 14.6 Å². The number of nitrogens with zero attached hydrogens (tertiary/aromatic N) is 1. The molecular formula is C10H12N2O3S. The number of fused-ring (bicyclic) bond motifs is 1. The van der Waals surface area contributed by atoms with Crippen LogP contribution in [0, 0.1) is 6.92 Å². The molecule has 86 valence electrons. The minimum atomic E-state index is -3.66. The molecule has 1 unspecified atom stereocenters. The molecule has 2 rings (SSSR count). The van der Waals surface area contributed by atoms with Crippen molar-refractivity contribution >= 4 is 21.4 Å². The summed E-state index contributed by atoms with van der Waals surface area (Å²) in [5.41, 5.74) is 6.59. The van der Waals surface area contributed by atoms with Crippen molar-refractivity contribution in [2.45, 2.75) is 17.2 Å². The molecule has 1 aromatic rings. The minimum Gasteiger partial charge on any atom is -0.367 e. The lowest BCUT2D eigenvalue weighted by atomic mass is 10.2. The second-order valence-corrected chi connectivity index (χ2v) is 5.86. The fraction of sp³-hybridized carbons (Fsp3) is 0.300. The Hall–Kier alpha value is -1.56. The number of benzene rings is 1. The fourth-order valence-electron chi connectivity index (χ4n) is 1.94. The lowest BCUT2D eigenvalue weighted by Crippen LogP contribution is -2.43. The van der Waals surface area contributed by atoms with E-state index in [4.69, 9.17) is 5.73 Å². The molecule has 1 heterocycles. The van der Waals surface area contributed by atoms with Crippen LogP contribution in [-0.4, -0.2) is 26.7 Å². The Labute approximate surface area is 93.8 Å². The van der Waals surface area contributed by atoms with Gasteiger partial charge in [-0.3, -0.25) is 4.79 Å². The highest BCUT2D eigenvalue weighted by Crippen LogP contribution is 2.37. The van der Waals surface area contributed by atoms with Gasteiger partial charge in [-0.05, 0) is 24.6 Å². The average molecular weight is 240 g/mol. The number of hydrogen-bond donors (Lipinski definition) is 1. The molecule has 1 atom stereocenters. The number of carbonyl (C=O) groups excluding carboxylic acids is 1. The summed E-state index contributed by atoms with van der Waals surface area (Å²) in [6.45, 7) is 1.86. The molecule has 1 aliphatic rings. The van der Waals surface area contributed by atoms with Crippen molar-refractivity contribution in [1.82, 2.24) is 0 Å². The van der Waals surface area contributed by atoms with Crippen molar-refractivity contribution in [3.8, 4) is 0 Å². The number of aryl methyl sites for hydroxylation is 1. The molecule has 1 amide bonds. The normalized spacial score (nSPS) is 21.9. The molecular weight excluding hydrogens is 228 g/mol. The lowest BCUT2D eigenvalue weighted by Gasteiger charge is -2.17. The summed E-state index contributed by atoms with van der Waals surface area (Å²) < 4.78 is 24.0. The van der Waals surface area contributed by atoms with Crippen LogP contribution >= 0.6 is 0 Å². The first-order chi connectivity index (χ1) is 7.35. The second-order valence-electron chi connectivity index (χ2n) is 3.88. The minimum absolute atomic E-state index is 0.171. The first-order valence-corrected chi connectivity index (χ1v) is 6.27. The van der Waals surface area contributed by atoms with Crippen LogP contribution in [0.2, 0.25) is 0 Å². The standard InChI is InChI=1S/C10H12N2O3S/c1-6-3-4-8-7(5-6)12(2)10(9(11)13)16(8,14)15/h3-5,10H,1-2H3,(H2,11,13). The van der Waals surface area contributed by atoms with E-state index in [-0.39, 0.29) is 4.90 Å². The molecule has 0 saturated heterocycles. The predicted octanol–water partition coefficient (Wildman–Crippen LogP) is 0.0299. The van der Waals surface area contributed by atoms with Gasteiger partial charge in [-0.1, -0.05) is 6.07 Å². The molecule has 0 saturated carbocycles. The van der Waals surface area contributed by atoms with Gasteiger partial charge in [0.25, 0.3) is 5.91 Å². The van der Waals surface area contributed by atoms with E-state index < -0.39 is 21.1 Å². The second kappa shape index (κ2) is 3.21. The van der Waals surface area contributed by atoms with Crippen molar-refractivity contribution < 1.29 is 13.2 Å². The van der Waals surface area contributed by atoms with Crippen molar-refractivity contribution in [2.75, 3.05) is 11.9 Å². The van der Waals surface area contributed by atoms with E-state index in [1.807, 2.05) is 6.92 Å². The molecule has 0 aliphatic carbocycles. The summed E-state index contributed by atoms with van der Waals surface area (Å²) in [5.74, 6) is -0.851. The van der Waals surface area contributed by atoms with E-state index in [2.05, 4.69) is 0 Å². The summed E-state index contributed by atoms with van der Waals surface area (Å²) in [5, 5.41) is -1.29. The van der Waals surface area contributed by atoms with E-state index in [0.717, 1.165) is 5.56 Å². The zero-order valence-corrected chi connectivity index (χ0v) is 9.78. The number of anilines is 1. The summed E-state index contributed by atoms with van der Waals surface area (Å²) in [6.07, 6.45) is 0. The molecule has 1 aliphatic heterocycles. The summed E-state index contributed by atoms with van der Waals surface area (Å²) in [6, 6.07) is 4.95. The highest BCUT2D eigenvalue weighted by molar-refractivity contribution is 7.93. The Bertz CT molecular complexity index is 565. The van der Waals surface area contributed by atoms with Crippen LogP contribution in [0.4, 0.5) is 5.69 Å². The maximum atomic E-state index is 12.0. The number of rotatable bonds is 1. The van der Waals surface area contributed by atoms with Crippen LogP contribution in [0.3, 0.4) is 0 Å². The van der Waals surface area contributed by atoms with Crippen molar-refractivity contribution in [3.05, 3.63) is 23.8 Å². The van der Waals surface area contributed by atoms with Crippen molar-refractivity contribution in [1.29, 1.82) is 0 Å². The monoisotopic (exact) mass is 240 g/mol. The van der Waals surface area contributed by atoms with Crippen molar-refractivity contribution in [3.63, 3.8) is 0 Å². The van der Waals surface area contributed by atoms with E-state index >= 15 is 0 Å². The molecule has 1 aromatic carbocycles. The Morgan fingerprint density at radius 2 is 2.06 bits per heavy atom. The first kappa shape index (κ1) is 10.9. The number of hydrogen-bond acceptors (Lipinski definition) is 4. The van der Waals surface area contributed by atoms with Gasteiger partial charge in [0.1, 0.15) is 0 Å². The average Bonchev–Trinajstić information content (AvgIpc) is 2.34. The molecule has 6 heteroatoms. The Morgan fingerprint density at radius 3 is 2.62 bits per heavy atom. The molecule has 0 fully saturated rings. The number of likely N-dealkylation sites (N-methyl/N-ethyl adjacent to an activating group) is 1. The van der Waals surface area contributed by atoms with Gasteiger partial charge in [0.2, 0.25) is 15.2 Å². The predicted molar refractivity (Wildman–Crippen MR) is 59.8 cm³/mol. The Morgan fingerprint density at radius 1 is 1.44 bits per heavy atom. The van der Waals surface area contributed by atoms with Crippen molar-refractivity contribution in [2.24, 2.45) is 5.73 Å². The van der Waals surface area contributed by atoms with Gasteiger partial charge in [0.15, 0.2) is 0 Å². The third-order valence-corrected chi connectivity index (χ3v) is 4.78. The van der Waals surface area contributed by atoms with Gasteiger partial charge in [-0.2, -0.15) is 0 Å². The summed E-state index contributed by atoms with van der Waals surface area (Å²) in [7, 11) is -2.11. The highest BCUT2D eigenvalue weighted by Gasteiger charge is 2.44. The third-order valence-electron chi connectivity index (χ3n) is 2.69. The van der Waals surface area contributed by atoms with Gasteiger partial charge < -0.3 is 10.6 Å². The van der Waals surface area contributed by atoms with Crippen LogP contribution in [0.15, 0.2) is 23.1 Å². The molecule has 0 radical (unpaired) electrons. The van der Waals surface area contributed by atoms with Gasteiger partial charge in [0, 0.05) is 7.05 Å². The summed E-state index contributed by atoms with van der Waals surface area (Å²) >= 11 is 0. The van der Waals surface area contributed by atoms with E-state index in [1.54, 1.807) is 19.2 Å². The van der Waals surface area contributed by atoms with Crippen LogP contribution in [0.1, 0.15) is 5.56 Å². The van der Waals surface area contributed by atoms with E-state index in [9.17, 15) is 13.2 Å². The molecule has 2 N–H and O–H groups in total. The lowest BCUT2D eigenvalue weighted by molar-refractivity contribution is -0.117. The molecule has 0 aromatic heterocycles. The van der Waals surface area contributed by atoms with Crippen LogP contribution < -0.4 is 10.6 Å². The maximum Gasteiger partial charge on any atom is 0.256 e. The quantitative estimate of drug-likeness (QED) is 0.751. The maximum absolute atomic E-state index is 12.0. The van der Waals surface area contributed by atoms with E-state index in [1.165, 1.54) is 11.0 Å². The number of primary amides is 1. The van der Waals surface area contributed by atoms with Gasteiger partial charge in [-0.25, -0.2) is 8.42 Å². The number of carbonyl (C=O) groups is 1. The van der Waals surface area contributed by atoms with Gasteiger partial charge >= 0.3 is 0 Å². The highest BCUT2D eigenvalue weighted by atomic mass is 32.2. The zero-order chi connectivity index (χ0) is 12.1. The SMILES string of the molecule is Cc1ccc2c(c1)N(C)C(C(N)=O)S2(=O)=O. The number of sulfone groups is 1. The van der Waals surface area contributed by atoms with Gasteiger partial charge in [-0.15, -0.1) is 0 Å². The smallest absolute Gasteiger partial charge is 0.256 e. The fourth-order valence-corrected chi connectivity index (χ4v) is 3.77. The Balaban J connectivity index is 2.71. The largest absolute Gasteiger partial charge is 0.367 e. The summed E-state index contributed by atoms with van der Waals surface area (Å²) in [4.78, 5) is 12.8. The molecule has 0 spiro atoms. The molecule has 5 nitrogen and oxygen atoms in total. The number of nitrogens with two attached hydrogens (primary N) is 1. The number of amides is 1. The van der Waals surface area contributed by atoms with E-state index in [0.29, 0.717) is 5.69 Å². The van der Waals surface area contributed by atoms with Gasteiger partial charge in [0.05, 0.1) is 10.6 Å². The molecule has 0 bridgehead atoms. The Kier molecular flexibility index (Phi) is 2.20. The topological polar surface area (TPSA) is 80.5 Å². The third kappa shape index (κ3) is 1.30. The van der Waals surface area contributed by atoms with Crippen LogP contribution in [0.5, 0.6) is 0 Å². The zero-order valence-electron chi connectivity index (χ0n) is 8.97. The molecule has 16 heavy (non-hydrogen) atoms. The first-order valence-electron chi connectivity index (χ1n) is 4.72. The van der Waals surface area contributed by atoms with Crippen LogP contribution in [0.25, 0.3) is 0 Å².